The first kappa shape index (κ1) is 15.4. The molecule has 1 N–H and O–H groups in total. The van der Waals surface area contributed by atoms with Crippen LogP contribution >= 0.6 is 0 Å². The van der Waals surface area contributed by atoms with Gasteiger partial charge in [-0.25, -0.2) is 4.98 Å². The van der Waals surface area contributed by atoms with E-state index in [0.29, 0.717) is 12.3 Å². The van der Waals surface area contributed by atoms with E-state index in [9.17, 15) is 4.79 Å². The number of hydrogen-bond donors (Lipinski definition) is 1. The molecule has 0 aromatic carbocycles. The third-order valence-corrected chi connectivity index (χ3v) is 4.14. The highest BCUT2D eigenvalue weighted by atomic mass is 16.4. The van der Waals surface area contributed by atoms with Gasteiger partial charge in [0.05, 0.1) is 12.6 Å². The molecule has 3 heterocycles. The molecule has 0 bridgehead atoms. The number of hydrogen-bond acceptors (Lipinski definition) is 5. The topological polar surface area (TPSA) is 79.2 Å². The maximum absolute atomic E-state index is 10.7. The summed E-state index contributed by atoms with van der Waals surface area (Å²) in [6.45, 7) is 1.85. The first-order valence-corrected chi connectivity index (χ1v) is 7.91. The molecular weight excluding hydrogens is 292 g/mol. The second-order valence-corrected chi connectivity index (χ2v) is 5.80. The molecule has 1 aliphatic heterocycles. The second-order valence-electron chi connectivity index (χ2n) is 5.80. The van der Waals surface area contributed by atoms with Crippen LogP contribution in [0.25, 0.3) is 0 Å². The molecule has 120 valence electrons. The molecule has 1 fully saturated rings. The summed E-state index contributed by atoms with van der Waals surface area (Å²) in [5.74, 6) is 0.457. The van der Waals surface area contributed by atoms with Crippen molar-refractivity contribution < 1.29 is 9.90 Å². The summed E-state index contributed by atoms with van der Waals surface area (Å²) < 4.78 is 0. The number of carboxylic acid groups (broad SMARTS) is 1. The van der Waals surface area contributed by atoms with Crippen LogP contribution in [-0.2, 0) is 11.2 Å². The minimum Gasteiger partial charge on any atom is -0.481 e. The van der Waals surface area contributed by atoms with E-state index >= 15 is 0 Å². The van der Waals surface area contributed by atoms with Crippen molar-refractivity contribution in [3.05, 3.63) is 48.2 Å². The van der Waals surface area contributed by atoms with Gasteiger partial charge in [0, 0.05) is 49.2 Å². The smallest absolute Gasteiger partial charge is 0.303 e. The van der Waals surface area contributed by atoms with Gasteiger partial charge in [0.1, 0.15) is 5.82 Å². The van der Waals surface area contributed by atoms with Crippen molar-refractivity contribution in [1.29, 1.82) is 0 Å². The van der Waals surface area contributed by atoms with E-state index in [2.05, 4.69) is 19.9 Å². The van der Waals surface area contributed by atoms with E-state index in [1.807, 2.05) is 18.2 Å². The molecule has 0 saturated carbocycles. The summed E-state index contributed by atoms with van der Waals surface area (Å²) in [5.41, 5.74) is 1.89. The number of anilines is 1. The van der Waals surface area contributed by atoms with Gasteiger partial charge in [-0.1, -0.05) is 6.07 Å². The lowest BCUT2D eigenvalue weighted by atomic mass is 9.94. The maximum atomic E-state index is 10.7. The van der Waals surface area contributed by atoms with Crippen molar-refractivity contribution in [2.45, 2.75) is 31.6 Å². The number of aryl methyl sites for hydroxylation is 1. The zero-order valence-electron chi connectivity index (χ0n) is 12.9. The molecule has 23 heavy (non-hydrogen) atoms. The Bertz CT molecular complexity index is 663. The van der Waals surface area contributed by atoms with Crippen LogP contribution in [0.5, 0.6) is 0 Å². The van der Waals surface area contributed by atoms with Gasteiger partial charge in [0.2, 0.25) is 0 Å². The van der Waals surface area contributed by atoms with Crippen LogP contribution in [-0.4, -0.2) is 39.1 Å². The van der Waals surface area contributed by atoms with Crippen molar-refractivity contribution in [2.24, 2.45) is 0 Å². The number of carboxylic acids is 1. The van der Waals surface area contributed by atoms with Gasteiger partial charge in [-0.05, 0) is 25.0 Å². The molecule has 1 aliphatic rings. The Morgan fingerprint density at radius 3 is 3.04 bits per heavy atom. The monoisotopic (exact) mass is 312 g/mol. The molecule has 0 unspecified atom stereocenters. The largest absolute Gasteiger partial charge is 0.481 e. The number of carbonyl (C=O) groups is 1. The predicted molar refractivity (Wildman–Crippen MR) is 86.4 cm³/mol. The third kappa shape index (κ3) is 4.03. The summed E-state index contributed by atoms with van der Waals surface area (Å²) in [4.78, 5) is 26.1. The Labute approximate surface area is 135 Å². The Balaban J connectivity index is 1.71. The fourth-order valence-corrected chi connectivity index (χ4v) is 2.98. The SMILES string of the molecule is O=C(O)CCc1cccc([C@@H]2CCCN(c3cnccn3)C2)n1. The lowest BCUT2D eigenvalue weighted by Crippen LogP contribution is -2.35. The minimum atomic E-state index is -0.788. The number of aromatic nitrogens is 3. The normalized spacial score (nSPS) is 17.9. The van der Waals surface area contributed by atoms with Crippen molar-refractivity contribution >= 4 is 11.8 Å². The van der Waals surface area contributed by atoms with E-state index in [1.165, 1.54) is 0 Å². The molecule has 1 saturated heterocycles. The van der Waals surface area contributed by atoms with Crippen LogP contribution < -0.4 is 4.90 Å². The number of pyridine rings is 1. The van der Waals surface area contributed by atoms with Crippen LogP contribution in [0.2, 0.25) is 0 Å². The second kappa shape index (κ2) is 7.17. The van der Waals surface area contributed by atoms with Crippen LogP contribution in [0, 0.1) is 0 Å². The molecule has 2 aromatic rings. The van der Waals surface area contributed by atoms with Gasteiger partial charge in [0.25, 0.3) is 0 Å². The zero-order chi connectivity index (χ0) is 16.1. The van der Waals surface area contributed by atoms with E-state index in [0.717, 1.165) is 43.1 Å². The summed E-state index contributed by atoms with van der Waals surface area (Å²) in [6.07, 6.45) is 7.95. The van der Waals surface area contributed by atoms with Crippen molar-refractivity contribution in [2.75, 3.05) is 18.0 Å². The van der Waals surface area contributed by atoms with E-state index in [1.54, 1.807) is 18.6 Å². The Kier molecular flexibility index (Phi) is 4.80. The summed E-state index contributed by atoms with van der Waals surface area (Å²) in [6, 6.07) is 5.91. The Morgan fingerprint density at radius 2 is 2.26 bits per heavy atom. The van der Waals surface area contributed by atoms with Gasteiger partial charge in [-0.2, -0.15) is 0 Å². The minimum absolute atomic E-state index is 0.118. The fourth-order valence-electron chi connectivity index (χ4n) is 2.98. The predicted octanol–water partition coefficient (Wildman–Crippen LogP) is 2.27. The number of piperidine rings is 1. The molecule has 0 aliphatic carbocycles. The molecule has 1 atom stereocenters. The maximum Gasteiger partial charge on any atom is 0.303 e. The van der Waals surface area contributed by atoms with E-state index in [4.69, 9.17) is 5.11 Å². The molecule has 6 nitrogen and oxygen atoms in total. The van der Waals surface area contributed by atoms with Gasteiger partial charge >= 0.3 is 5.97 Å². The van der Waals surface area contributed by atoms with Crippen LogP contribution in [0.4, 0.5) is 5.82 Å². The molecule has 0 radical (unpaired) electrons. The highest BCUT2D eigenvalue weighted by Crippen LogP contribution is 2.28. The van der Waals surface area contributed by atoms with Crippen molar-refractivity contribution in [3.63, 3.8) is 0 Å². The van der Waals surface area contributed by atoms with Crippen molar-refractivity contribution in [1.82, 2.24) is 15.0 Å². The quantitative estimate of drug-likeness (QED) is 0.912. The molecular formula is C17H20N4O2. The van der Waals surface area contributed by atoms with Gasteiger partial charge < -0.3 is 10.0 Å². The van der Waals surface area contributed by atoms with Gasteiger partial charge in [-0.3, -0.25) is 14.8 Å². The van der Waals surface area contributed by atoms with Gasteiger partial charge in [-0.15, -0.1) is 0 Å². The number of nitrogens with zero attached hydrogens (tertiary/aromatic N) is 4. The lowest BCUT2D eigenvalue weighted by Gasteiger charge is -2.33. The van der Waals surface area contributed by atoms with E-state index < -0.39 is 5.97 Å². The average Bonchev–Trinajstić information content (AvgIpc) is 2.61. The molecule has 0 amide bonds. The highest BCUT2D eigenvalue weighted by molar-refractivity contribution is 5.66. The van der Waals surface area contributed by atoms with Gasteiger partial charge in [0.15, 0.2) is 0 Å². The Hall–Kier alpha value is -2.50. The molecule has 6 heteroatoms. The fraction of sp³-hybridized carbons (Fsp3) is 0.412. The standard InChI is InChI=1S/C17H20N4O2/c22-17(23)7-6-14-4-1-5-15(20-14)13-3-2-10-21(12-13)16-11-18-8-9-19-16/h1,4-5,8-9,11,13H,2-3,6-7,10,12H2,(H,22,23)/t13-/m1/s1. The van der Waals surface area contributed by atoms with Crippen LogP contribution in [0.15, 0.2) is 36.8 Å². The van der Waals surface area contributed by atoms with Crippen LogP contribution in [0.1, 0.15) is 36.6 Å². The van der Waals surface area contributed by atoms with E-state index in [-0.39, 0.29) is 6.42 Å². The summed E-state index contributed by atoms with van der Waals surface area (Å²) in [5, 5.41) is 8.81. The third-order valence-electron chi connectivity index (χ3n) is 4.14. The van der Waals surface area contributed by atoms with Crippen molar-refractivity contribution in [3.8, 4) is 0 Å². The molecule has 2 aromatic heterocycles. The van der Waals surface area contributed by atoms with Crippen LogP contribution in [0.3, 0.4) is 0 Å². The number of aliphatic carboxylic acids is 1. The summed E-state index contributed by atoms with van der Waals surface area (Å²) in [7, 11) is 0. The zero-order valence-corrected chi connectivity index (χ0v) is 12.9. The molecule has 3 rings (SSSR count). The first-order chi connectivity index (χ1) is 11.2. The first-order valence-electron chi connectivity index (χ1n) is 7.91. The molecule has 0 spiro atoms. The summed E-state index contributed by atoms with van der Waals surface area (Å²) >= 11 is 0. The lowest BCUT2D eigenvalue weighted by molar-refractivity contribution is -0.136. The number of rotatable bonds is 5. The average molecular weight is 312 g/mol. The highest BCUT2D eigenvalue weighted by Gasteiger charge is 2.23. The Morgan fingerprint density at radius 1 is 1.35 bits per heavy atom.